The Hall–Kier alpha value is -2.31. The van der Waals surface area contributed by atoms with Crippen LogP contribution in [-0.4, -0.2) is 151 Å². The molecule has 6 aliphatic heterocycles. The summed E-state index contributed by atoms with van der Waals surface area (Å²) in [5, 5.41) is 24.3. The summed E-state index contributed by atoms with van der Waals surface area (Å²) in [6, 6.07) is 15.9. The number of hydrogen-bond donors (Lipinski definition) is 4. The SMILES string of the molecule is C=C[C@H]1C[N@]2CC[C@H]1C[C@H]2[C@H](O)c1ccnc2ccc(OC)cc12.C=C[C@H]1C[N@]2CC[C@H]1C[C@H]2[C@H](O)c1ccnc2ccc(OC)cc12.O=S(=O)(O)O.[KH]. The molecule has 0 saturated carbocycles. The van der Waals surface area contributed by atoms with E-state index in [9.17, 15) is 10.2 Å². The monoisotopic (exact) mass is 786 g/mol. The summed E-state index contributed by atoms with van der Waals surface area (Å²) in [5.74, 6) is 4.01. The van der Waals surface area contributed by atoms with E-state index in [0.29, 0.717) is 23.7 Å². The second-order valence-electron chi connectivity index (χ2n) is 14.4. The van der Waals surface area contributed by atoms with Crippen molar-refractivity contribution in [3.05, 3.63) is 97.4 Å². The van der Waals surface area contributed by atoms with Crippen LogP contribution in [0.4, 0.5) is 0 Å². The molecule has 12 nitrogen and oxygen atoms in total. The van der Waals surface area contributed by atoms with Gasteiger partial charge in [0.1, 0.15) is 11.5 Å². The molecule has 2 aromatic carbocycles. The number of aliphatic hydroxyl groups excluding tert-OH is 2. The van der Waals surface area contributed by atoms with Crippen molar-refractivity contribution in [3.8, 4) is 11.5 Å². The molecule has 4 aromatic rings. The van der Waals surface area contributed by atoms with Gasteiger partial charge in [0.15, 0.2) is 0 Å². The van der Waals surface area contributed by atoms with Gasteiger partial charge in [-0.15, -0.1) is 13.2 Å². The van der Waals surface area contributed by atoms with Crippen LogP contribution < -0.4 is 9.47 Å². The molecule has 2 aromatic heterocycles. The van der Waals surface area contributed by atoms with Crippen molar-refractivity contribution in [1.82, 2.24) is 19.8 Å². The molecule has 0 aliphatic carbocycles. The molecule has 54 heavy (non-hydrogen) atoms. The number of hydrogen-bond acceptors (Lipinski definition) is 10. The van der Waals surface area contributed by atoms with Gasteiger partial charge in [-0.25, -0.2) is 0 Å². The van der Waals surface area contributed by atoms with Crippen molar-refractivity contribution in [1.29, 1.82) is 0 Å². The van der Waals surface area contributed by atoms with Crippen LogP contribution in [0.3, 0.4) is 0 Å². The number of aromatic nitrogens is 2. The minimum atomic E-state index is -4.67. The molecule has 14 heteroatoms. The minimum absolute atomic E-state index is 0. The van der Waals surface area contributed by atoms with Crippen molar-refractivity contribution in [2.24, 2.45) is 23.7 Å². The fourth-order valence-corrected chi connectivity index (χ4v) is 8.89. The fraction of sp³-hybridized carbons (Fsp3) is 0.450. The van der Waals surface area contributed by atoms with E-state index in [1.807, 2.05) is 48.5 Å². The van der Waals surface area contributed by atoms with E-state index in [2.05, 4.69) is 45.1 Å². The predicted molar refractivity (Wildman–Crippen MR) is 211 cm³/mol. The fourth-order valence-electron chi connectivity index (χ4n) is 8.89. The van der Waals surface area contributed by atoms with E-state index >= 15 is 0 Å². The maximum atomic E-state index is 11.2. The average molecular weight is 787 g/mol. The van der Waals surface area contributed by atoms with E-state index in [1.165, 1.54) is 12.8 Å². The van der Waals surface area contributed by atoms with Gasteiger partial charge in [-0.2, -0.15) is 8.42 Å². The first-order chi connectivity index (χ1) is 25.4. The Bertz CT molecular complexity index is 1900. The molecule has 8 heterocycles. The Balaban J connectivity index is 0.000000182. The van der Waals surface area contributed by atoms with Gasteiger partial charge >= 0.3 is 61.8 Å². The molecule has 4 bridgehead atoms. The third-order valence-electron chi connectivity index (χ3n) is 11.6. The number of benzene rings is 2. The summed E-state index contributed by atoms with van der Waals surface area (Å²) in [6.45, 7) is 12.1. The number of piperidine rings is 6. The molecule has 0 amide bonds. The average Bonchev–Trinajstić information content (AvgIpc) is 3.19. The molecular formula is C40H51KN4O8S. The Labute approximate surface area is 360 Å². The molecule has 10 atom stereocenters. The van der Waals surface area contributed by atoms with E-state index < -0.39 is 22.6 Å². The summed E-state index contributed by atoms with van der Waals surface area (Å²) >= 11 is 0. The predicted octanol–water partition coefficient (Wildman–Crippen LogP) is 5.05. The zero-order valence-electron chi connectivity index (χ0n) is 30.2. The van der Waals surface area contributed by atoms with Gasteiger partial charge in [0.2, 0.25) is 0 Å². The van der Waals surface area contributed by atoms with Crippen LogP contribution in [-0.2, 0) is 10.4 Å². The Kier molecular flexibility index (Phi) is 14.9. The Morgan fingerprint density at radius 3 is 1.44 bits per heavy atom. The molecule has 0 spiro atoms. The normalized spacial score (nSPS) is 28.0. The van der Waals surface area contributed by atoms with Crippen molar-refractivity contribution >= 4 is 83.6 Å². The van der Waals surface area contributed by atoms with Gasteiger partial charge in [-0.3, -0.25) is 28.9 Å². The number of nitrogens with zero attached hydrogens (tertiary/aromatic N) is 4. The molecule has 286 valence electrons. The number of ether oxygens (including phenoxy) is 2. The number of methoxy groups -OCH3 is 2. The van der Waals surface area contributed by atoms with E-state index in [4.69, 9.17) is 27.0 Å². The van der Waals surface area contributed by atoms with Gasteiger partial charge in [-0.05, 0) is 122 Å². The van der Waals surface area contributed by atoms with Crippen LogP contribution in [0.2, 0.25) is 0 Å². The zero-order chi connectivity index (χ0) is 37.9. The second-order valence-corrected chi connectivity index (χ2v) is 15.3. The second kappa shape index (κ2) is 18.8. The number of pyridine rings is 2. The maximum absolute atomic E-state index is 11.2. The van der Waals surface area contributed by atoms with Crippen molar-refractivity contribution in [2.75, 3.05) is 40.4 Å². The summed E-state index contributed by atoms with van der Waals surface area (Å²) in [5.41, 5.74) is 3.69. The number of fused-ring (bicyclic) bond motifs is 8. The van der Waals surface area contributed by atoms with E-state index in [-0.39, 0.29) is 63.5 Å². The third-order valence-corrected chi connectivity index (χ3v) is 11.6. The first-order valence-electron chi connectivity index (χ1n) is 18.1. The van der Waals surface area contributed by atoms with Gasteiger partial charge in [0.25, 0.3) is 0 Å². The first kappa shape index (κ1) is 42.8. The summed E-state index contributed by atoms with van der Waals surface area (Å²) in [6.07, 6.45) is 11.2. The molecule has 4 N–H and O–H groups in total. The van der Waals surface area contributed by atoms with Crippen LogP contribution in [0, 0.1) is 23.7 Å². The summed E-state index contributed by atoms with van der Waals surface area (Å²) < 4.78 is 42.3. The van der Waals surface area contributed by atoms with Crippen LogP contribution >= 0.6 is 0 Å². The van der Waals surface area contributed by atoms with Crippen molar-refractivity contribution < 1.29 is 37.2 Å². The Morgan fingerprint density at radius 1 is 0.741 bits per heavy atom. The van der Waals surface area contributed by atoms with Crippen LogP contribution in [0.25, 0.3) is 21.8 Å². The van der Waals surface area contributed by atoms with Gasteiger partial charge in [0.05, 0.1) is 37.5 Å². The standard InChI is InChI=1S/2C20H24N2O2.K.H2O4S.H/c2*1-3-13-12-22-9-7-14(13)10-19(22)20(23)16-6-8-21-18-5-4-15(24-2)11-17(16)18;;1-5(2,3)4;/h2*3-6,8,11,13-14,19-20,23H,1,7,9-10,12H2,2H3;;(H2,1,2,3,4);/t2*13-,14-,19-,20+;;;/m00.../s1. The van der Waals surface area contributed by atoms with E-state index in [1.54, 1.807) is 26.6 Å². The van der Waals surface area contributed by atoms with E-state index in [0.717, 1.165) is 83.5 Å². The van der Waals surface area contributed by atoms with Gasteiger partial charge < -0.3 is 19.7 Å². The van der Waals surface area contributed by atoms with Gasteiger partial charge in [0, 0.05) is 48.3 Å². The number of rotatable bonds is 8. The van der Waals surface area contributed by atoms with Crippen LogP contribution in [0.15, 0.2) is 86.2 Å². The van der Waals surface area contributed by atoms with Gasteiger partial charge in [-0.1, -0.05) is 12.2 Å². The van der Waals surface area contributed by atoms with Crippen molar-refractivity contribution in [2.45, 2.75) is 50.0 Å². The Morgan fingerprint density at radius 2 is 1.13 bits per heavy atom. The topological polar surface area (TPSA) is 166 Å². The molecular weight excluding hydrogens is 736 g/mol. The zero-order valence-corrected chi connectivity index (χ0v) is 31.1. The first-order valence-corrected chi connectivity index (χ1v) is 19.5. The molecule has 10 rings (SSSR count). The summed E-state index contributed by atoms with van der Waals surface area (Å²) in [4.78, 5) is 13.7. The number of aliphatic hydroxyl groups is 2. The molecule has 6 aliphatic rings. The molecule has 0 unspecified atom stereocenters. The van der Waals surface area contributed by atoms with Crippen LogP contribution in [0.1, 0.15) is 49.0 Å². The molecule has 6 saturated heterocycles. The van der Waals surface area contributed by atoms with Crippen molar-refractivity contribution in [3.63, 3.8) is 0 Å². The molecule has 0 radical (unpaired) electrons. The summed E-state index contributed by atoms with van der Waals surface area (Å²) in [7, 11) is -1.34. The van der Waals surface area contributed by atoms with Crippen LogP contribution in [0.5, 0.6) is 11.5 Å². The third kappa shape index (κ3) is 9.79. The molecule has 6 fully saturated rings. The quantitative estimate of drug-likeness (QED) is 0.107.